The van der Waals surface area contributed by atoms with Gasteiger partial charge in [-0.1, -0.05) is 55.5 Å². The lowest BCUT2D eigenvalue weighted by atomic mass is 9.79. The third kappa shape index (κ3) is 2.91. The molecular formula is C17H19O2P. The summed E-state index contributed by atoms with van der Waals surface area (Å²) in [5.74, 6) is 0.336. The zero-order valence-corrected chi connectivity index (χ0v) is 12.9. The molecule has 0 saturated carbocycles. The maximum atomic E-state index is 12.6. The van der Waals surface area contributed by atoms with E-state index in [-0.39, 0.29) is 11.6 Å². The van der Waals surface area contributed by atoms with Crippen LogP contribution in [0.4, 0.5) is 0 Å². The minimum Gasteiger partial charge on any atom is -0.426 e. The van der Waals surface area contributed by atoms with Gasteiger partial charge in [-0.2, -0.15) is 0 Å². The molecule has 0 radical (unpaired) electrons. The van der Waals surface area contributed by atoms with E-state index in [0.717, 1.165) is 5.56 Å². The van der Waals surface area contributed by atoms with Gasteiger partial charge in [0, 0.05) is 0 Å². The van der Waals surface area contributed by atoms with E-state index in [1.165, 1.54) is 0 Å². The van der Waals surface area contributed by atoms with Crippen molar-refractivity contribution in [2.24, 2.45) is 0 Å². The summed E-state index contributed by atoms with van der Waals surface area (Å²) in [6.07, 6.45) is 0. The Hall–Kier alpha value is -1.66. The Morgan fingerprint density at radius 3 is 2.05 bits per heavy atom. The molecule has 0 saturated heterocycles. The molecule has 3 heteroatoms. The van der Waals surface area contributed by atoms with Crippen molar-refractivity contribution >= 4 is 15.2 Å². The number of benzene rings is 2. The molecule has 20 heavy (non-hydrogen) atoms. The maximum Gasteiger partial charge on any atom is 0.322 e. The van der Waals surface area contributed by atoms with Gasteiger partial charge >= 0.3 is 5.97 Å². The monoisotopic (exact) mass is 286 g/mol. The minimum atomic E-state index is -0.693. The second kappa shape index (κ2) is 6.19. The summed E-state index contributed by atoms with van der Waals surface area (Å²) >= 11 is 0. The summed E-state index contributed by atoms with van der Waals surface area (Å²) in [5, 5.41) is 0. The number of carbonyl (C=O) groups is 1. The van der Waals surface area contributed by atoms with Gasteiger partial charge in [0.1, 0.15) is 5.75 Å². The largest absolute Gasteiger partial charge is 0.426 e. The van der Waals surface area contributed by atoms with Gasteiger partial charge in [0.05, 0.1) is 5.41 Å². The fourth-order valence-electron chi connectivity index (χ4n) is 2.05. The number of ether oxygens (including phenoxy) is 1. The van der Waals surface area contributed by atoms with Crippen LogP contribution in [-0.2, 0) is 10.2 Å². The van der Waals surface area contributed by atoms with Crippen molar-refractivity contribution in [1.82, 2.24) is 0 Å². The van der Waals surface area contributed by atoms with Crippen molar-refractivity contribution in [2.45, 2.75) is 24.9 Å². The SMILES string of the molecule is CC(P)C(C)(C(=O)Oc1ccccc1)c1ccccc1. The van der Waals surface area contributed by atoms with E-state index < -0.39 is 5.41 Å². The summed E-state index contributed by atoms with van der Waals surface area (Å²) in [4.78, 5) is 12.6. The Kier molecular flexibility index (Phi) is 4.57. The molecule has 2 aromatic carbocycles. The van der Waals surface area contributed by atoms with E-state index in [1.54, 1.807) is 12.1 Å². The number of para-hydroxylation sites is 1. The molecule has 0 amide bonds. The summed E-state index contributed by atoms with van der Waals surface area (Å²) in [7, 11) is 2.71. The highest BCUT2D eigenvalue weighted by atomic mass is 31.0. The van der Waals surface area contributed by atoms with Crippen LogP contribution in [0.15, 0.2) is 60.7 Å². The normalized spacial score (nSPS) is 15.2. The van der Waals surface area contributed by atoms with E-state index >= 15 is 0 Å². The van der Waals surface area contributed by atoms with Crippen LogP contribution >= 0.6 is 9.24 Å². The molecule has 104 valence electrons. The van der Waals surface area contributed by atoms with Crippen LogP contribution in [0.2, 0.25) is 0 Å². The van der Waals surface area contributed by atoms with Gasteiger partial charge in [-0.15, -0.1) is 9.24 Å². The van der Waals surface area contributed by atoms with Gasteiger partial charge in [-0.3, -0.25) is 4.79 Å². The predicted molar refractivity (Wildman–Crippen MR) is 85.0 cm³/mol. The molecule has 0 bridgehead atoms. The molecule has 0 fully saturated rings. The Labute approximate surface area is 122 Å². The summed E-state index contributed by atoms with van der Waals surface area (Å²) in [5.41, 5.74) is 0.325. The van der Waals surface area contributed by atoms with E-state index in [4.69, 9.17) is 4.74 Å². The van der Waals surface area contributed by atoms with Gasteiger partial charge in [0.15, 0.2) is 0 Å². The third-order valence-electron chi connectivity index (χ3n) is 3.66. The van der Waals surface area contributed by atoms with Gasteiger partial charge in [0.2, 0.25) is 0 Å². The fourth-order valence-corrected chi connectivity index (χ4v) is 2.38. The van der Waals surface area contributed by atoms with Crippen LogP contribution in [0, 0.1) is 0 Å². The molecule has 0 heterocycles. The highest BCUT2D eigenvalue weighted by Gasteiger charge is 2.40. The van der Waals surface area contributed by atoms with Crippen molar-refractivity contribution in [3.63, 3.8) is 0 Å². The fraction of sp³-hybridized carbons (Fsp3) is 0.235. The quantitative estimate of drug-likeness (QED) is 0.485. The van der Waals surface area contributed by atoms with E-state index in [1.807, 2.05) is 62.4 Å². The molecule has 3 atom stereocenters. The average molecular weight is 286 g/mol. The van der Waals surface area contributed by atoms with Crippen molar-refractivity contribution < 1.29 is 9.53 Å². The first-order valence-corrected chi connectivity index (χ1v) is 7.30. The average Bonchev–Trinajstić information content (AvgIpc) is 2.48. The molecule has 0 spiro atoms. The highest BCUT2D eigenvalue weighted by Crippen LogP contribution is 2.34. The van der Waals surface area contributed by atoms with Crippen molar-refractivity contribution in [3.05, 3.63) is 66.2 Å². The zero-order chi connectivity index (χ0) is 14.6. The topological polar surface area (TPSA) is 26.3 Å². The molecule has 0 aliphatic rings. The van der Waals surface area contributed by atoms with Crippen LogP contribution in [0.25, 0.3) is 0 Å². The maximum absolute atomic E-state index is 12.6. The Morgan fingerprint density at radius 1 is 1.05 bits per heavy atom. The molecule has 0 aliphatic carbocycles. The molecule has 3 unspecified atom stereocenters. The minimum absolute atomic E-state index is 0.0566. The van der Waals surface area contributed by atoms with Gasteiger partial charge in [-0.05, 0) is 30.3 Å². The van der Waals surface area contributed by atoms with Gasteiger partial charge in [-0.25, -0.2) is 0 Å². The number of rotatable bonds is 4. The van der Waals surface area contributed by atoms with Gasteiger partial charge in [0.25, 0.3) is 0 Å². The zero-order valence-electron chi connectivity index (χ0n) is 11.7. The summed E-state index contributed by atoms with van der Waals surface area (Å²) in [6.45, 7) is 3.93. The highest BCUT2D eigenvalue weighted by molar-refractivity contribution is 7.17. The first kappa shape index (κ1) is 14.7. The number of carbonyl (C=O) groups excluding carboxylic acids is 1. The van der Waals surface area contributed by atoms with E-state index in [9.17, 15) is 4.79 Å². The molecule has 0 aliphatic heterocycles. The lowest BCUT2D eigenvalue weighted by Gasteiger charge is -2.31. The Bertz CT molecular complexity index is 566. The van der Waals surface area contributed by atoms with Crippen molar-refractivity contribution in [1.29, 1.82) is 0 Å². The molecule has 2 rings (SSSR count). The van der Waals surface area contributed by atoms with Crippen LogP contribution in [0.3, 0.4) is 0 Å². The van der Waals surface area contributed by atoms with Crippen LogP contribution < -0.4 is 4.74 Å². The number of hydrogen-bond acceptors (Lipinski definition) is 2. The van der Waals surface area contributed by atoms with E-state index in [2.05, 4.69) is 9.24 Å². The third-order valence-corrected chi connectivity index (χ3v) is 4.33. The molecule has 0 aromatic heterocycles. The van der Waals surface area contributed by atoms with Gasteiger partial charge < -0.3 is 4.74 Å². The lowest BCUT2D eigenvalue weighted by molar-refractivity contribution is -0.140. The molecular weight excluding hydrogens is 267 g/mol. The Balaban J connectivity index is 2.32. The van der Waals surface area contributed by atoms with Crippen LogP contribution in [0.1, 0.15) is 19.4 Å². The predicted octanol–water partition coefficient (Wildman–Crippen LogP) is 3.81. The first-order chi connectivity index (χ1) is 9.55. The molecule has 2 aromatic rings. The standard InChI is InChI=1S/C17H19O2P/c1-13(20)17(2,14-9-5-3-6-10-14)16(18)19-15-11-7-4-8-12-15/h3-13H,20H2,1-2H3. The number of hydrogen-bond donors (Lipinski definition) is 0. The van der Waals surface area contributed by atoms with E-state index in [0.29, 0.717) is 5.75 Å². The molecule has 2 nitrogen and oxygen atoms in total. The second-order valence-corrected chi connectivity index (χ2v) is 6.06. The lowest BCUT2D eigenvalue weighted by Crippen LogP contribution is -2.42. The van der Waals surface area contributed by atoms with Crippen molar-refractivity contribution in [2.75, 3.05) is 0 Å². The second-order valence-electron chi connectivity index (χ2n) is 5.06. The summed E-state index contributed by atoms with van der Waals surface area (Å²) in [6, 6.07) is 18.9. The number of esters is 1. The van der Waals surface area contributed by atoms with Crippen LogP contribution in [0.5, 0.6) is 5.75 Å². The molecule has 0 N–H and O–H groups in total. The van der Waals surface area contributed by atoms with Crippen molar-refractivity contribution in [3.8, 4) is 5.75 Å². The smallest absolute Gasteiger partial charge is 0.322 e. The van der Waals surface area contributed by atoms with Crippen LogP contribution in [-0.4, -0.2) is 11.6 Å². The summed E-state index contributed by atoms with van der Waals surface area (Å²) < 4.78 is 5.54. The Morgan fingerprint density at radius 2 is 1.55 bits per heavy atom. The first-order valence-electron chi connectivity index (χ1n) is 6.63.